The molecule has 6 heteroatoms. The lowest BCUT2D eigenvalue weighted by molar-refractivity contribution is 0.0697. The molecule has 2 rings (SSSR count). The molecular formula is C15H12ClN3O2. The zero-order valence-corrected chi connectivity index (χ0v) is 11.9. The molecule has 0 atom stereocenters. The van der Waals surface area contributed by atoms with E-state index in [-0.39, 0.29) is 16.3 Å². The van der Waals surface area contributed by atoms with Crippen molar-refractivity contribution in [2.75, 3.05) is 17.7 Å². The Labute approximate surface area is 126 Å². The third-order valence-corrected chi connectivity index (χ3v) is 3.32. The molecule has 0 spiro atoms. The highest BCUT2D eigenvalue weighted by atomic mass is 35.5. The summed E-state index contributed by atoms with van der Waals surface area (Å²) in [7, 11) is 1.70. The molecule has 0 unspecified atom stereocenters. The molecule has 0 aliphatic carbocycles. The largest absolute Gasteiger partial charge is 0.478 e. The second-order valence-electron chi connectivity index (χ2n) is 4.42. The van der Waals surface area contributed by atoms with E-state index in [4.69, 9.17) is 22.6 Å². The standard InChI is InChI=1S/C15H12ClN3O2/c1-19(11-4-2-9(8-17)3-5-11)14-12(15(20)21)6-10(18)7-13(14)16/h2-7H,18H2,1H3,(H,20,21). The van der Waals surface area contributed by atoms with Gasteiger partial charge in [0.1, 0.15) is 0 Å². The summed E-state index contributed by atoms with van der Waals surface area (Å²) >= 11 is 6.14. The summed E-state index contributed by atoms with van der Waals surface area (Å²) in [5, 5.41) is 18.4. The molecule has 0 aliphatic heterocycles. The fourth-order valence-electron chi connectivity index (χ4n) is 2.01. The van der Waals surface area contributed by atoms with Crippen LogP contribution in [0.3, 0.4) is 0 Å². The molecule has 0 amide bonds. The average Bonchev–Trinajstić information content (AvgIpc) is 2.46. The van der Waals surface area contributed by atoms with E-state index in [9.17, 15) is 9.90 Å². The number of anilines is 3. The Bertz CT molecular complexity index is 736. The molecule has 0 heterocycles. The van der Waals surface area contributed by atoms with E-state index in [0.29, 0.717) is 16.9 Å². The van der Waals surface area contributed by atoms with Crippen LogP contribution < -0.4 is 10.6 Å². The van der Waals surface area contributed by atoms with Crippen molar-refractivity contribution in [3.8, 4) is 6.07 Å². The predicted octanol–water partition coefficient (Wildman–Crippen LogP) is 3.26. The molecule has 3 N–H and O–H groups in total. The molecule has 0 saturated carbocycles. The molecular weight excluding hydrogens is 290 g/mol. The van der Waals surface area contributed by atoms with E-state index in [1.54, 1.807) is 36.2 Å². The van der Waals surface area contributed by atoms with Crippen LogP contribution in [0.2, 0.25) is 5.02 Å². The molecule has 0 aliphatic rings. The molecule has 5 nitrogen and oxygen atoms in total. The number of hydrogen-bond donors (Lipinski definition) is 2. The Kier molecular flexibility index (Phi) is 4.01. The Morgan fingerprint density at radius 2 is 1.95 bits per heavy atom. The Morgan fingerprint density at radius 3 is 2.48 bits per heavy atom. The highest BCUT2D eigenvalue weighted by molar-refractivity contribution is 6.34. The molecule has 21 heavy (non-hydrogen) atoms. The van der Waals surface area contributed by atoms with Crippen LogP contribution in [-0.4, -0.2) is 18.1 Å². The fraction of sp³-hybridized carbons (Fsp3) is 0.0667. The first-order chi connectivity index (χ1) is 9.93. The van der Waals surface area contributed by atoms with Crippen LogP contribution in [0.1, 0.15) is 15.9 Å². The van der Waals surface area contributed by atoms with Crippen molar-refractivity contribution in [2.45, 2.75) is 0 Å². The quantitative estimate of drug-likeness (QED) is 0.849. The maximum absolute atomic E-state index is 11.4. The van der Waals surface area contributed by atoms with Gasteiger partial charge in [0.15, 0.2) is 0 Å². The minimum absolute atomic E-state index is 0.0202. The monoisotopic (exact) mass is 301 g/mol. The summed E-state index contributed by atoms with van der Waals surface area (Å²) in [5.41, 5.74) is 7.53. The number of benzene rings is 2. The number of carboxylic acids is 1. The molecule has 0 aromatic heterocycles. The van der Waals surface area contributed by atoms with Crippen molar-refractivity contribution in [1.29, 1.82) is 5.26 Å². The topological polar surface area (TPSA) is 90.4 Å². The number of carboxylic acid groups (broad SMARTS) is 1. The van der Waals surface area contributed by atoms with Gasteiger partial charge in [-0.1, -0.05) is 11.6 Å². The lowest BCUT2D eigenvalue weighted by Gasteiger charge is -2.23. The maximum Gasteiger partial charge on any atom is 0.337 e. The molecule has 106 valence electrons. The summed E-state index contributed by atoms with van der Waals surface area (Å²) in [6.45, 7) is 0. The van der Waals surface area contributed by atoms with Gasteiger partial charge in [-0.3, -0.25) is 0 Å². The van der Waals surface area contributed by atoms with Gasteiger partial charge >= 0.3 is 5.97 Å². The van der Waals surface area contributed by atoms with Crippen LogP contribution in [0.15, 0.2) is 36.4 Å². The van der Waals surface area contributed by atoms with Gasteiger partial charge in [-0.25, -0.2) is 4.79 Å². The fourth-order valence-corrected chi connectivity index (χ4v) is 2.37. The normalized spacial score (nSPS) is 9.95. The van der Waals surface area contributed by atoms with Gasteiger partial charge in [-0.15, -0.1) is 0 Å². The van der Waals surface area contributed by atoms with E-state index < -0.39 is 5.97 Å². The van der Waals surface area contributed by atoms with Crippen LogP contribution in [0, 0.1) is 11.3 Å². The van der Waals surface area contributed by atoms with Crippen molar-refractivity contribution in [3.05, 3.63) is 52.5 Å². The molecule has 2 aromatic carbocycles. The van der Waals surface area contributed by atoms with Crippen LogP contribution in [-0.2, 0) is 0 Å². The van der Waals surface area contributed by atoms with E-state index >= 15 is 0 Å². The SMILES string of the molecule is CN(c1ccc(C#N)cc1)c1c(Cl)cc(N)cc1C(=O)O. The van der Waals surface area contributed by atoms with Crippen LogP contribution in [0.25, 0.3) is 0 Å². The first kappa shape index (κ1) is 14.7. The summed E-state index contributed by atoms with van der Waals surface area (Å²) in [6, 6.07) is 11.6. The highest BCUT2D eigenvalue weighted by Crippen LogP contribution is 2.36. The number of nitrogens with two attached hydrogens (primary N) is 1. The van der Waals surface area contributed by atoms with Crippen molar-refractivity contribution in [1.82, 2.24) is 0 Å². The summed E-state index contributed by atoms with van der Waals surface area (Å²) < 4.78 is 0. The van der Waals surface area contributed by atoms with Gasteiger partial charge in [-0.2, -0.15) is 5.26 Å². The minimum atomic E-state index is -1.11. The van der Waals surface area contributed by atoms with Gasteiger partial charge in [0.05, 0.1) is 27.9 Å². The number of rotatable bonds is 3. The number of halogens is 1. The minimum Gasteiger partial charge on any atom is -0.478 e. The van der Waals surface area contributed by atoms with E-state index in [1.165, 1.54) is 12.1 Å². The van der Waals surface area contributed by atoms with Crippen LogP contribution >= 0.6 is 11.6 Å². The lowest BCUT2D eigenvalue weighted by Crippen LogP contribution is -2.15. The number of aromatic carboxylic acids is 1. The molecule has 0 saturated heterocycles. The number of carbonyl (C=O) groups is 1. The second kappa shape index (κ2) is 5.73. The smallest absolute Gasteiger partial charge is 0.337 e. The third-order valence-electron chi connectivity index (χ3n) is 3.04. The lowest BCUT2D eigenvalue weighted by atomic mass is 10.1. The molecule has 0 radical (unpaired) electrons. The third kappa shape index (κ3) is 2.91. The number of nitrogens with zero attached hydrogens (tertiary/aromatic N) is 2. The van der Waals surface area contributed by atoms with Gasteiger partial charge in [0.2, 0.25) is 0 Å². The Balaban J connectivity index is 2.54. The van der Waals surface area contributed by atoms with E-state index in [1.807, 2.05) is 6.07 Å². The second-order valence-corrected chi connectivity index (χ2v) is 4.83. The first-order valence-electron chi connectivity index (χ1n) is 6.00. The molecule has 2 aromatic rings. The summed E-state index contributed by atoms with van der Waals surface area (Å²) in [6.07, 6.45) is 0. The predicted molar refractivity (Wildman–Crippen MR) is 82.0 cm³/mol. The van der Waals surface area contributed by atoms with Gasteiger partial charge in [0.25, 0.3) is 0 Å². The number of nitriles is 1. The molecule has 0 bridgehead atoms. The average molecular weight is 302 g/mol. The Hall–Kier alpha value is -2.71. The van der Waals surface area contributed by atoms with Crippen molar-refractivity contribution < 1.29 is 9.90 Å². The zero-order chi connectivity index (χ0) is 15.6. The van der Waals surface area contributed by atoms with Crippen molar-refractivity contribution >= 4 is 34.6 Å². The number of nitrogen functional groups attached to an aromatic ring is 1. The Morgan fingerprint density at radius 1 is 1.33 bits per heavy atom. The van der Waals surface area contributed by atoms with Gasteiger partial charge < -0.3 is 15.7 Å². The van der Waals surface area contributed by atoms with E-state index in [2.05, 4.69) is 0 Å². The van der Waals surface area contributed by atoms with Gasteiger partial charge in [0, 0.05) is 18.4 Å². The zero-order valence-electron chi connectivity index (χ0n) is 11.2. The maximum atomic E-state index is 11.4. The summed E-state index contributed by atoms with van der Waals surface area (Å²) in [4.78, 5) is 13.0. The summed E-state index contributed by atoms with van der Waals surface area (Å²) in [5.74, 6) is -1.11. The van der Waals surface area contributed by atoms with E-state index in [0.717, 1.165) is 0 Å². The van der Waals surface area contributed by atoms with Crippen LogP contribution in [0.4, 0.5) is 17.1 Å². The van der Waals surface area contributed by atoms with Crippen molar-refractivity contribution in [2.24, 2.45) is 0 Å². The number of hydrogen-bond acceptors (Lipinski definition) is 4. The van der Waals surface area contributed by atoms with Crippen LogP contribution in [0.5, 0.6) is 0 Å². The first-order valence-corrected chi connectivity index (χ1v) is 6.38. The van der Waals surface area contributed by atoms with Gasteiger partial charge in [-0.05, 0) is 36.4 Å². The highest BCUT2D eigenvalue weighted by Gasteiger charge is 2.19. The van der Waals surface area contributed by atoms with Crippen molar-refractivity contribution in [3.63, 3.8) is 0 Å². The molecule has 0 fully saturated rings.